The highest BCUT2D eigenvalue weighted by Gasteiger charge is 2.25. The van der Waals surface area contributed by atoms with Crippen LogP contribution in [-0.2, 0) is 9.47 Å². The van der Waals surface area contributed by atoms with E-state index in [1.54, 1.807) is 0 Å². The fourth-order valence-corrected chi connectivity index (χ4v) is 2.35. The van der Waals surface area contributed by atoms with Crippen molar-refractivity contribution in [1.29, 1.82) is 0 Å². The van der Waals surface area contributed by atoms with E-state index in [9.17, 15) is 13.2 Å². The molecule has 1 atom stereocenters. The highest BCUT2D eigenvalue weighted by molar-refractivity contribution is 14.0. The zero-order chi connectivity index (χ0) is 17.7. The molecule has 1 heterocycles. The first-order chi connectivity index (χ1) is 11.5. The van der Waals surface area contributed by atoms with Gasteiger partial charge in [-0.3, -0.25) is 4.99 Å². The number of ether oxygens (including phenoxy) is 2. The summed E-state index contributed by atoms with van der Waals surface area (Å²) < 4.78 is 47.2. The number of nitrogens with zero attached hydrogens (tertiary/aromatic N) is 1. The van der Waals surface area contributed by atoms with Crippen LogP contribution in [0.4, 0.5) is 13.2 Å². The minimum atomic E-state index is -4.07. The number of rotatable bonds is 11. The Balaban J connectivity index is 0.00000576. The van der Waals surface area contributed by atoms with Gasteiger partial charge in [0.25, 0.3) is 0 Å². The Morgan fingerprint density at radius 2 is 2.04 bits per heavy atom. The average molecular weight is 481 g/mol. The van der Waals surface area contributed by atoms with Crippen molar-refractivity contribution < 1.29 is 22.6 Å². The maximum atomic E-state index is 12.1. The van der Waals surface area contributed by atoms with E-state index in [1.807, 2.05) is 6.92 Å². The van der Waals surface area contributed by atoms with Gasteiger partial charge in [0, 0.05) is 39.3 Å². The summed E-state index contributed by atoms with van der Waals surface area (Å²) in [4.78, 5) is 4.39. The van der Waals surface area contributed by atoms with Crippen molar-refractivity contribution in [3.05, 3.63) is 0 Å². The van der Waals surface area contributed by atoms with Crippen LogP contribution >= 0.6 is 24.0 Å². The van der Waals surface area contributed by atoms with E-state index < -0.39 is 12.6 Å². The van der Waals surface area contributed by atoms with Crippen LogP contribution in [0, 0.1) is 0 Å². The van der Waals surface area contributed by atoms with Crippen molar-refractivity contribution in [3.63, 3.8) is 0 Å². The number of nitrogens with one attached hydrogen (secondary N) is 2. The summed E-state index contributed by atoms with van der Waals surface area (Å²) in [5.41, 5.74) is 0. The van der Waals surface area contributed by atoms with E-state index in [0.717, 1.165) is 25.9 Å². The van der Waals surface area contributed by atoms with Crippen molar-refractivity contribution >= 4 is 29.9 Å². The van der Waals surface area contributed by atoms with Gasteiger partial charge in [0.15, 0.2) is 5.96 Å². The number of hydrogen-bond donors (Lipinski definition) is 2. The molecule has 1 saturated heterocycles. The van der Waals surface area contributed by atoms with Crippen molar-refractivity contribution in [2.45, 2.75) is 57.7 Å². The van der Waals surface area contributed by atoms with Gasteiger partial charge in [0.1, 0.15) is 0 Å². The van der Waals surface area contributed by atoms with Crippen molar-refractivity contribution in [1.82, 2.24) is 10.6 Å². The van der Waals surface area contributed by atoms with Gasteiger partial charge in [-0.05, 0) is 39.0 Å². The summed E-state index contributed by atoms with van der Waals surface area (Å²) in [6, 6.07) is 0. The van der Waals surface area contributed by atoms with Crippen LogP contribution in [0.5, 0.6) is 0 Å². The molecule has 0 spiro atoms. The molecule has 0 radical (unpaired) electrons. The molecule has 0 aromatic rings. The van der Waals surface area contributed by atoms with Crippen molar-refractivity contribution in [2.75, 3.05) is 39.5 Å². The first kappa shape index (κ1) is 24.7. The van der Waals surface area contributed by atoms with Crippen molar-refractivity contribution in [2.24, 2.45) is 4.99 Å². The predicted octanol–water partition coefficient (Wildman–Crippen LogP) is 3.48. The number of guanidine groups is 1. The molecule has 150 valence electrons. The van der Waals surface area contributed by atoms with Crippen LogP contribution in [-0.4, -0.2) is 57.7 Å². The van der Waals surface area contributed by atoms with E-state index in [2.05, 4.69) is 15.6 Å². The molecule has 0 amide bonds. The fraction of sp³-hybridized carbons (Fsp3) is 0.938. The third-order valence-electron chi connectivity index (χ3n) is 3.57. The summed E-state index contributed by atoms with van der Waals surface area (Å²) in [5.74, 6) is 0.642. The van der Waals surface area contributed by atoms with Crippen LogP contribution in [0.1, 0.15) is 45.4 Å². The molecule has 5 nitrogen and oxygen atoms in total. The second-order valence-corrected chi connectivity index (χ2v) is 5.82. The van der Waals surface area contributed by atoms with Crippen LogP contribution in [0.2, 0.25) is 0 Å². The van der Waals surface area contributed by atoms with E-state index in [4.69, 9.17) is 9.47 Å². The van der Waals surface area contributed by atoms with Crippen LogP contribution in [0.15, 0.2) is 4.99 Å². The largest absolute Gasteiger partial charge is 0.389 e. The maximum absolute atomic E-state index is 12.1. The molecule has 25 heavy (non-hydrogen) atoms. The Hall–Kier alpha value is -0.290. The molecule has 1 aliphatic rings. The minimum Gasteiger partial charge on any atom is -0.379 e. The van der Waals surface area contributed by atoms with E-state index in [-0.39, 0.29) is 36.5 Å². The Kier molecular flexibility index (Phi) is 14.7. The Labute approximate surface area is 165 Å². The highest BCUT2D eigenvalue weighted by Crippen LogP contribution is 2.21. The molecule has 0 aliphatic carbocycles. The minimum absolute atomic E-state index is 0. The number of hydrogen-bond acceptors (Lipinski definition) is 3. The monoisotopic (exact) mass is 481 g/mol. The lowest BCUT2D eigenvalue weighted by atomic mass is 10.2. The summed E-state index contributed by atoms with van der Waals surface area (Å²) in [6.45, 7) is 5.87. The lowest BCUT2D eigenvalue weighted by Crippen LogP contribution is -2.38. The van der Waals surface area contributed by atoms with Gasteiger partial charge in [0.2, 0.25) is 0 Å². The number of halogens is 4. The number of alkyl halides is 3. The summed E-state index contributed by atoms with van der Waals surface area (Å²) in [6.07, 6.45) is -0.977. The quantitative estimate of drug-likeness (QED) is 0.206. The van der Waals surface area contributed by atoms with Crippen LogP contribution in [0.25, 0.3) is 0 Å². The summed E-state index contributed by atoms with van der Waals surface area (Å²) in [7, 11) is 0. The summed E-state index contributed by atoms with van der Waals surface area (Å²) in [5, 5.41) is 6.13. The Morgan fingerprint density at radius 3 is 2.68 bits per heavy atom. The summed E-state index contributed by atoms with van der Waals surface area (Å²) >= 11 is 0. The molecule has 0 bridgehead atoms. The normalized spacial score (nSPS) is 18.1. The van der Waals surface area contributed by atoms with Gasteiger partial charge >= 0.3 is 6.18 Å². The van der Waals surface area contributed by atoms with Gasteiger partial charge in [-0.15, -0.1) is 24.0 Å². The molecule has 1 aliphatic heterocycles. The first-order valence-electron chi connectivity index (χ1n) is 8.79. The molecule has 1 fully saturated rings. The second kappa shape index (κ2) is 14.8. The van der Waals surface area contributed by atoms with Crippen molar-refractivity contribution in [3.8, 4) is 0 Å². The first-order valence-corrected chi connectivity index (χ1v) is 8.79. The van der Waals surface area contributed by atoms with Gasteiger partial charge in [-0.2, -0.15) is 13.2 Å². The molecule has 2 N–H and O–H groups in total. The third-order valence-corrected chi connectivity index (χ3v) is 3.57. The average Bonchev–Trinajstić information content (AvgIpc) is 3.02. The van der Waals surface area contributed by atoms with E-state index in [1.165, 1.54) is 0 Å². The standard InChI is InChI=1S/C16H30F3N3O2.HI/c1-2-20-15(21-9-4-3-8-16(17,18)19)22-10-6-11-23-13-14-7-5-12-24-14;/h14H,2-13H2,1H3,(H2,20,21,22);1H. The molecule has 0 saturated carbocycles. The fourth-order valence-electron chi connectivity index (χ4n) is 2.35. The lowest BCUT2D eigenvalue weighted by Gasteiger charge is -2.12. The Morgan fingerprint density at radius 1 is 1.24 bits per heavy atom. The Bertz CT molecular complexity index is 352. The molecule has 9 heteroatoms. The number of unbranched alkanes of at least 4 members (excludes halogenated alkanes) is 1. The maximum Gasteiger partial charge on any atom is 0.389 e. The lowest BCUT2D eigenvalue weighted by molar-refractivity contribution is -0.135. The van der Waals surface area contributed by atoms with Gasteiger partial charge in [-0.25, -0.2) is 0 Å². The topological polar surface area (TPSA) is 54.9 Å². The molecule has 0 aromatic carbocycles. The van der Waals surface area contributed by atoms with Crippen LogP contribution in [0.3, 0.4) is 0 Å². The highest BCUT2D eigenvalue weighted by atomic mass is 127. The van der Waals surface area contributed by atoms with E-state index >= 15 is 0 Å². The second-order valence-electron chi connectivity index (χ2n) is 5.82. The molecular formula is C16H31F3IN3O2. The zero-order valence-corrected chi connectivity index (χ0v) is 17.2. The number of aliphatic imine (C=N–C) groups is 1. The predicted molar refractivity (Wildman–Crippen MR) is 104 cm³/mol. The molecule has 1 rings (SSSR count). The van der Waals surface area contributed by atoms with Crippen LogP contribution < -0.4 is 10.6 Å². The van der Waals surface area contributed by atoms with Gasteiger partial charge in [0.05, 0.1) is 12.7 Å². The SMILES string of the molecule is CCNC(=NCCCOCC1CCCO1)NCCCCC(F)(F)F.I. The smallest absolute Gasteiger partial charge is 0.379 e. The van der Waals surface area contributed by atoms with Gasteiger partial charge in [-0.1, -0.05) is 0 Å². The van der Waals surface area contributed by atoms with Gasteiger partial charge < -0.3 is 20.1 Å². The molecule has 1 unspecified atom stereocenters. The zero-order valence-electron chi connectivity index (χ0n) is 14.9. The third kappa shape index (κ3) is 14.6. The molecular weight excluding hydrogens is 450 g/mol. The molecule has 0 aromatic heterocycles. The van der Waals surface area contributed by atoms with E-state index in [0.29, 0.717) is 45.2 Å².